The maximum absolute atomic E-state index is 12.7. The molecule has 0 fully saturated rings. The summed E-state index contributed by atoms with van der Waals surface area (Å²) in [4.78, 5) is 12.7. The van der Waals surface area contributed by atoms with Gasteiger partial charge in [0.2, 0.25) is 0 Å². The molecule has 26 heavy (non-hydrogen) atoms. The number of amides is 1. The second kappa shape index (κ2) is 9.85. The lowest BCUT2D eigenvalue weighted by molar-refractivity contribution is -0.128. The van der Waals surface area contributed by atoms with Crippen LogP contribution in [0.2, 0.25) is 0 Å². The molecule has 2 rings (SSSR count). The second-order valence-corrected chi connectivity index (χ2v) is 6.25. The van der Waals surface area contributed by atoms with Gasteiger partial charge in [-0.1, -0.05) is 45.0 Å². The van der Waals surface area contributed by atoms with E-state index in [-0.39, 0.29) is 11.9 Å². The zero-order valence-corrected chi connectivity index (χ0v) is 16.1. The molecule has 0 saturated heterocycles. The van der Waals surface area contributed by atoms with Gasteiger partial charge in [-0.25, -0.2) is 0 Å². The Bertz CT molecular complexity index is 680. The van der Waals surface area contributed by atoms with Crippen molar-refractivity contribution in [2.75, 3.05) is 7.11 Å². The zero-order valence-electron chi connectivity index (χ0n) is 16.1. The van der Waals surface area contributed by atoms with E-state index in [0.29, 0.717) is 6.42 Å². The zero-order chi connectivity index (χ0) is 18.9. The van der Waals surface area contributed by atoms with Gasteiger partial charge in [0.1, 0.15) is 11.5 Å². The van der Waals surface area contributed by atoms with E-state index in [1.807, 2.05) is 55.5 Å². The van der Waals surface area contributed by atoms with Gasteiger partial charge in [0.05, 0.1) is 13.2 Å². The Morgan fingerprint density at radius 2 is 1.54 bits per heavy atom. The molecule has 2 aromatic rings. The minimum absolute atomic E-state index is 0.0477. The van der Waals surface area contributed by atoms with Gasteiger partial charge in [-0.15, -0.1) is 0 Å². The van der Waals surface area contributed by atoms with Crippen molar-refractivity contribution in [1.82, 2.24) is 5.32 Å². The van der Waals surface area contributed by atoms with E-state index in [9.17, 15) is 4.79 Å². The van der Waals surface area contributed by atoms with Gasteiger partial charge in [0.15, 0.2) is 6.10 Å². The van der Waals surface area contributed by atoms with Crippen LogP contribution in [0.1, 0.15) is 50.8 Å². The standard InChI is InChI=1S/C22H29NO3/c1-5-16-8-12-19(13-9-16)26-21(7-3)22(24)23-20(6-2)17-10-14-18(25-4)15-11-17/h8-15,20-21H,5-7H2,1-4H3,(H,23,24)/t20-,21+/m0/s1. The number of methoxy groups -OCH3 is 1. The minimum atomic E-state index is -0.505. The number of hydrogen-bond donors (Lipinski definition) is 1. The molecule has 0 bridgehead atoms. The van der Waals surface area contributed by atoms with Crippen LogP contribution < -0.4 is 14.8 Å². The molecule has 0 aliphatic rings. The summed E-state index contributed by atoms with van der Waals surface area (Å²) < 4.78 is 11.1. The van der Waals surface area contributed by atoms with Gasteiger partial charge in [-0.2, -0.15) is 0 Å². The highest BCUT2D eigenvalue weighted by atomic mass is 16.5. The van der Waals surface area contributed by atoms with Crippen molar-refractivity contribution < 1.29 is 14.3 Å². The van der Waals surface area contributed by atoms with Gasteiger partial charge in [0.25, 0.3) is 5.91 Å². The lowest BCUT2D eigenvalue weighted by Gasteiger charge is -2.22. The summed E-state index contributed by atoms with van der Waals surface area (Å²) in [6.07, 6.45) is 1.90. The molecule has 0 radical (unpaired) electrons. The Kier molecular flexibility index (Phi) is 7.52. The van der Waals surface area contributed by atoms with E-state index in [4.69, 9.17) is 9.47 Å². The van der Waals surface area contributed by atoms with Crippen LogP contribution in [0.4, 0.5) is 0 Å². The molecule has 0 spiro atoms. The van der Waals surface area contributed by atoms with Gasteiger partial charge in [0, 0.05) is 0 Å². The number of carbonyl (C=O) groups excluding carboxylic acids is 1. The van der Waals surface area contributed by atoms with Crippen molar-refractivity contribution in [1.29, 1.82) is 0 Å². The lowest BCUT2D eigenvalue weighted by Crippen LogP contribution is -2.39. The molecule has 0 heterocycles. The van der Waals surface area contributed by atoms with Crippen molar-refractivity contribution >= 4 is 5.91 Å². The number of benzene rings is 2. The number of nitrogens with one attached hydrogen (secondary N) is 1. The topological polar surface area (TPSA) is 47.6 Å². The van der Waals surface area contributed by atoms with Gasteiger partial charge < -0.3 is 14.8 Å². The normalized spacial score (nSPS) is 12.9. The summed E-state index contributed by atoms with van der Waals surface area (Å²) in [6, 6.07) is 15.7. The van der Waals surface area contributed by atoms with E-state index >= 15 is 0 Å². The Morgan fingerprint density at radius 1 is 0.923 bits per heavy atom. The van der Waals surface area contributed by atoms with Gasteiger partial charge >= 0.3 is 0 Å². The molecule has 2 aromatic carbocycles. The number of carbonyl (C=O) groups is 1. The third kappa shape index (κ3) is 5.25. The molecule has 0 aromatic heterocycles. The first-order valence-corrected chi connectivity index (χ1v) is 9.31. The predicted octanol–water partition coefficient (Wildman–Crippen LogP) is 4.68. The van der Waals surface area contributed by atoms with Crippen molar-refractivity contribution in [3.8, 4) is 11.5 Å². The number of rotatable bonds is 9. The highest BCUT2D eigenvalue weighted by Crippen LogP contribution is 2.21. The van der Waals surface area contributed by atoms with E-state index in [1.165, 1.54) is 5.56 Å². The number of ether oxygens (including phenoxy) is 2. The van der Waals surface area contributed by atoms with E-state index in [2.05, 4.69) is 19.2 Å². The Hall–Kier alpha value is -2.49. The fourth-order valence-corrected chi connectivity index (χ4v) is 2.81. The van der Waals surface area contributed by atoms with E-state index in [1.54, 1.807) is 7.11 Å². The van der Waals surface area contributed by atoms with Crippen LogP contribution in [0, 0.1) is 0 Å². The van der Waals surface area contributed by atoms with E-state index in [0.717, 1.165) is 29.9 Å². The summed E-state index contributed by atoms with van der Waals surface area (Å²) in [5, 5.41) is 3.11. The van der Waals surface area contributed by atoms with Crippen LogP contribution in [0.3, 0.4) is 0 Å². The molecule has 4 nitrogen and oxygen atoms in total. The fourth-order valence-electron chi connectivity index (χ4n) is 2.81. The summed E-state index contributed by atoms with van der Waals surface area (Å²) in [5.41, 5.74) is 2.31. The van der Waals surface area contributed by atoms with Crippen LogP contribution in [-0.4, -0.2) is 19.1 Å². The summed E-state index contributed by atoms with van der Waals surface area (Å²) in [6.45, 7) is 6.13. The van der Waals surface area contributed by atoms with Crippen molar-refractivity contribution in [2.24, 2.45) is 0 Å². The van der Waals surface area contributed by atoms with Crippen molar-refractivity contribution in [3.63, 3.8) is 0 Å². The first-order chi connectivity index (χ1) is 12.6. The van der Waals surface area contributed by atoms with Crippen LogP contribution in [0.15, 0.2) is 48.5 Å². The molecule has 1 N–H and O–H groups in total. The fraction of sp³-hybridized carbons (Fsp3) is 0.409. The molecule has 2 atom stereocenters. The average Bonchev–Trinajstić information content (AvgIpc) is 2.70. The highest BCUT2D eigenvalue weighted by Gasteiger charge is 2.22. The quantitative estimate of drug-likeness (QED) is 0.710. The Balaban J connectivity index is 2.03. The largest absolute Gasteiger partial charge is 0.497 e. The molecule has 0 aliphatic carbocycles. The monoisotopic (exact) mass is 355 g/mol. The predicted molar refractivity (Wildman–Crippen MR) is 105 cm³/mol. The summed E-state index contributed by atoms with van der Waals surface area (Å²) in [7, 11) is 1.64. The van der Waals surface area contributed by atoms with Crippen molar-refractivity contribution in [2.45, 2.75) is 52.2 Å². The number of hydrogen-bond acceptors (Lipinski definition) is 3. The molecule has 4 heteroatoms. The SMILES string of the molecule is CCc1ccc(O[C@H](CC)C(=O)N[C@@H](CC)c2ccc(OC)cc2)cc1. The first-order valence-electron chi connectivity index (χ1n) is 9.31. The lowest BCUT2D eigenvalue weighted by atomic mass is 10.0. The van der Waals surface area contributed by atoms with Gasteiger partial charge in [-0.05, 0) is 54.7 Å². The molecule has 140 valence electrons. The maximum Gasteiger partial charge on any atom is 0.261 e. The molecular weight excluding hydrogens is 326 g/mol. The average molecular weight is 355 g/mol. The molecule has 1 amide bonds. The minimum Gasteiger partial charge on any atom is -0.497 e. The Morgan fingerprint density at radius 3 is 2.04 bits per heavy atom. The third-order valence-electron chi connectivity index (χ3n) is 4.52. The number of aryl methyl sites for hydroxylation is 1. The molecule has 0 saturated carbocycles. The molecular formula is C22H29NO3. The van der Waals surface area contributed by atoms with Crippen LogP contribution in [0.5, 0.6) is 11.5 Å². The van der Waals surface area contributed by atoms with Crippen LogP contribution in [-0.2, 0) is 11.2 Å². The van der Waals surface area contributed by atoms with Crippen molar-refractivity contribution in [3.05, 3.63) is 59.7 Å². The third-order valence-corrected chi connectivity index (χ3v) is 4.52. The van der Waals surface area contributed by atoms with Crippen LogP contribution in [0.25, 0.3) is 0 Å². The maximum atomic E-state index is 12.7. The molecule has 0 unspecified atom stereocenters. The smallest absolute Gasteiger partial charge is 0.261 e. The van der Waals surface area contributed by atoms with Gasteiger partial charge in [-0.3, -0.25) is 4.79 Å². The summed E-state index contributed by atoms with van der Waals surface area (Å²) in [5.74, 6) is 1.44. The highest BCUT2D eigenvalue weighted by molar-refractivity contribution is 5.81. The van der Waals surface area contributed by atoms with E-state index < -0.39 is 6.10 Å². The summed E-state index contributed by atoms with van der Waals surface area (Å²) >= 11 is 0. The second-order valence-electron chi connectivity index (χ2n) is 6.25. The first kappa shape index (κ1) is 19.8. The van der Waals surface area contributed by atoms with Crippen LogP contribution >= 0.6 is 0 Å². The Labute approximate surface area is 156 Å². The molecule has 0 aliphatic heterocycles.